The van der Waals surface area contributed by atoms with Crippen LogP contribution in [0.5, 0.6) is 0 Å². The van der Waals surface area contributed by atoms with Gasteiger partial charge in [0.2, 0.25) is 5.91 Å². The quantitative estimate of drug-likeness (QED) is 0.682. The number of nitrogens with zero attached hydrogens (tertiary/aromatic N) is 2. The van der Waals surface area contributed by atoms with E-state index in [0.29, 0.717) is 6.54 Å². The van der Waals surface area contributed by atoms with Crippen LogP contribution in [0.1, 0.15) is 40.0 Å². The number of nitrogens with one attached hydrogen (secondary N) is 1. The minimum absolute atomic E-state index is 0.0708. The average Bonchev–Trinajstić information content (AvgIpc) is 2.42. The number of hydrogen-bond acceptors (Lipinski definition) is 4. The number of carbonyl (C=O) groups excluding carboxylic acids is 1. The van der Waals surface area contributed by atoms with Crippen molar-refractivity contribution in [2.45, 2.75) is 52.1 Å². The van der Waals surface area contributed by atoms with E-state index in [-0.39, 0.29) is 25.0 Å². The summed E-state index contributed by atoms with van der Waals surface area (Å²) in [6.07, 6.45) is 2.50. The molecule has 0 spiro atoms. The van der Waals surface area contributed by atoms with Crippen molar-refractivity contribution < 1.29 is 23.1 Å². The van der Waals surface area contributed by atoms with Gasteiger partial charge in [-0.3, -0.25) is 9.59 Å². The molecule has 2 unspecified atom stereocenters. The Morgan fingerprint density at radius 2 is 2.05 bits per heavy atom. The van der Waals surface area contributed by atoms with Gasteiger partial charge in [0.05, 0.1) is 0 Å². The van der Waals surface area contributed by atoms with Crippen LogP contribution in [0.15, 0.2) is 0 Å². The smallest absolute Gasteiger partial charge is 0.321 e. The lowest BCUT2D eigenvalue weighted by atomic mass is 10.1. The number of amides is 1. The summed E-state index contributed by atoms with van der Waals surface area (Å²) in [5.74, 6) is -1.50. The van der Waals surface area contributed by atoms with E-state index >= 15 is 0 Å². The summed E-state index contributed by atoms with van der Waals surface area (Å²) in [6, 6.07) is -1.34. The van der Waals surface area contributed by atoms with Gasteiger partial charge in [-0.1, -0.05) is 6.42 Å². The van der Waals surface area contributed by atoms with Crippen LogP contribution >= 0.6 is 0 Å². The molecule has 0 aromatic rings. The predicted octanol–water partition coefficient (Wildman–Crippen LogP) is 0.0168. The van der Waals surface area contributed by atoms with Gasteiger partial charge in [-0.05, 0) is 26.7 Å². The summed E-state index contributed by atoms with van der Waals surface area (Å²) < 4.78 is 27.9. The standard InChI is InChI=1S/C13H25N3O5S/c1-10-6-4-5-8-15(10)22(20,21)16(11(2)13(18)19)9-7-14-12(3)17/h10-11H,4-9H2,1-3H3,(H,14,17)(H,18,19). The molecule has 8 nitrogen and oxygen atoms in total. The first-order valence-corrected chi connectivity index (χ1v) is 8.83. The number of piperidine rings is 1. The van der Waals surface area contributed by atoms with Gasteiger partial charge < -0.3 is 10.4 Å². The largest absolute Gasteiger partial charge is 0.480 e. The molecule has 0 aromatic heterocycles. The van der Waals surface area contributed by atoms with Gasteiger partial charge >= 0.3 is 5.97 Å². The number of hydrogen-bond donors (Lipinski definition) is 2. The van der Waals surface area contributed by atoms with Crippen LogP contribution in [-0.2, 0) is 19.8 Å². The first-order valence-electron chi connectivity index (χ1n) is 7.43. The third-order valence-electron chi connectivity index (χ3n) is 3.83. The maximum Gasteiger partial charge on any atom is 0.321 e. The Kier molecular flexibility index (Phi) is 6.76. The van der Waals surface area contributed by atoms with Gasteiger partial charge in [0.1, 0.15) is 6.04 Å². The molecule has 1 heterocycles. The van der Waals surface area contributed by atoms with E-state index in [1.807, 2.05) is 6.92 Å². The molecular weight excluding hydrogens is 310 g/mol. The molecule has 1 amide bonds. The Balaban J connectivity index is 2.96. The van der Waals surface area contributed by atoms with E-state index in [2.05, 4.69) is 5.32 Å². The summed E-state index contributed by atoms with van der Waals surface area (Å²) in [4.78, 5) is 22.2. The highest BCUT2D eigenvalue weighted by molar-refractivity contribution is 7.86. The van der Waals surface area contributed by atoms with Crippen LogP contribution in [0.2, 0.25) is 0 Å². The number of carboxylic acids is 1. The summed E-state index contributed by atoms with van der Waals surface area (Å²) in [5.41, 5.74) is 0. The van der Waals surface area contributed by atoms with Crippen molar-refractivity contribution in [3.63, 3.8) is 0 Å². The van der Waals surface area contributed by atoms with E-state index in [0.717, 1.165) is 23.6 Å². The number of aliphatic carboxylic acids is 1. The third-order valence-corrected chi connectivity index (χ3v) is 6.06. The molecule has 2 N–H and O–H groups in total. The van der Waals surface area contributed by atoms with Gasteiger partial charge in [-0.25, -0.2) is 0 Å². The van der Waals surface area contributed by atoms with Crippen molar-refractivity contribution >= 4 is 22.1 Å². The maximum atomic E-state index is 12.8. The van der Waals surface area contributed by atoms with Crippen molar-refractivity contribution in [1.29, 1.82) is 0 Å². The summed E-state index contributed by atoms with van der Waals surface area (Å²) >= 11 is 0. The second kappa shape index (κ2) is 7.89. The zero-order valence-corrected chi connectivity index (χ0v) is 14.1. The van der Waals surface area contributed by atoms with Crippen LogP contribution in [-0.4, -0.2) is 65.7 Å². The van der Waals surface area contributed by atoms with Crippen LogP contribution in [0.4, 0.5) is 0 Å². The Hall–Kier alpha value is -1.19. The Morgan fingerprint density at radius 3 is 2.55 bits per heavy atom. The molecule has 0 aliphatic carbocycles. The molecule has 0 radical (unpaired) electrons. The molecule has 9 heteroatoms. The van der Waals surface area contributed by atoms with E-state index in [1.54, 1.807) is 0 Å². The molecule has 128 valence electrons. The fourth-order valence-electron chi connectivity index (χ4n) is 2.52. The molecular formula is C13H25N3O5S. The van der Waals surface area contributed by atoms with Crippen LogP contribution < -0.4 is 5.32 Å². The monoisotopic (exact) mass is 335 g/mol. The number of carboxylic acid groups (broad SMARTS) is 1. The predicted molar refractivity (Wildman–Crippen MR) is 81.4 cm³/mol. The van der Waals surface area contributed by atoms with Crippen molar-refractivity contribution in [2.24, 2.45) is 0 Å². The Morgan fingerprint density at radius 1 is 1.41 bits per heavy atom. The molecule has 1 rings (SSSR count). The first kappa shape index (κ1) is 18.9. The normalized spacial score (nSPS) is 21.5. The topological polar surface area (TPSA) is 107 Å². The highest BCUT2D eigenvalue weighted by Gasteiger charge is 2.38. The van der Waals surface area contributed by atoms with Crippen LogP contribution in [0.3, 0.4) is 0 Å². The van der Waals surface area contributed by atoms with Crippen molar-refractivity contribution in [2.75, 3.05) is 19.6 Å². The second-order valence-corrected chi connectivity index (χ2v) is 7.40. The Labute approximate surface area is 131 Å². The molecule has 1 aliphatic heterocycles. The van der Waals surface area contributed by atoms with E-state index in [1.165, 1.54) is 18.2 Å². The fourth-order valence-corrected chi connectivity index (χ4v) is 4.52. The van der Waals surface area contributed by atoms with Crippen LogP contribution in [0, 0.1) is 0 Å². The zero-order chi connectivity index (χ0) is 16.9. The molecule has 1 fully saturated rings. The third kappa shape index (κ3) is 4.65. The maximum absolute atomic E-state index is 12.8. The lowest BCUT2D eigenvalue weighted by molar-refractivity contribution is -0.140. The minimum atomic E-state index is -3.88. The molecule has 0 bridgehead atoms. The summed E-state index contributed by atoms with van der Waals surface area (Å²) in [6.45, 7) is 4.89. The zero-order valence-electron chi connectivity index (χ0n) is 13.3. The molecule has 1 saturated heterocycles. The van der Waals surface area contributed by atoms with E-state index in [4.69, 9.17) is 0 Å². The Bertz CT molecular complexity index is 508. The fraction of sp³-hybridized carbons (Fsp3) is 0.846. The van der Waals surface area contributed by atoms with Crippen LogP contribution in [0.25, 0.3) is 0 Å². The highest BCUT2D eigenvalue weighted by Crippen LogP contribution is 2.23. The number of carbonyl (C=O) groups is 2. The number of rotatable bonds is 7. The second-order valence-electron chi connectivity index (χ2n) is 5.57. The molecule has 0 saturated carbocycles. The molecule has 22 heavy (non-hydrogen) atoms. The van der Waals surface area contributed by atoms with Crippen molar-refractivity contribution in [3.05, 3.63) is 0 Å². The molecule has 2 atom stereocenters. The summed E-state index contributed by atoms with van der Waals surface area (Å²) in [5, 5.41) is 11.7. The SMILES string of the molecule is CC(=O)NCCN(C(C)C(=O)O)S(=O)(=O)N1CCCCC1C. The lowest BCUT2D eigenvalue weighted by Gasteiger charge is -2.37. The first-order chi connectivity index (χ1) is 10.2. The van der Waals surface area contributed by atoms with Crippen molar-refractivity contribution in [1.82, 2.24) is 13.9 Å². The lowest BCUT2D eigenvalue weighted by Crippen LogP contribution is -2.55. The van der Waals surface area contributed by atoms with Gasteiger partial charge in [-0.2, -0.15) is 17.0 Å². The van der Waals surface area contributed by atoms with Gasteiger partial charge in [0.15, 0.2) is 0 Å². The molecule has 1 aliphatic rings. The highest BCUT2D eigenvalue weighted by atomic mass is 32.2. The summed E-state index contributed by atoms with van der Waals surface area (Å²) in [7, 11) is -3.88. The van der Waals surface area contributed by atoms with E-state index < -0.39 is 22.2 Å². The van der Waals surface area contributed by atoms with Gasteiger partial charge in [0, 0.05) is 32.6 Å². The van der Waals surface area contributed by atoms with E-state index in [9.17, 15) is 23.1 Å². The molecule has 0 aromatic carbocycles. The minimum Gasteiger partial charge on any atom is -0.480 e. The van der Waals surface area contributed by atoms with Crippen molar-refractivity contribution in [3.8, 4) is 0 Å². The average molecular weight is 335 g/mol. The van der Waals surface area contributed by atoms with Gasteiger partial charge in [-0.15, -0.1) is 0 Å². The van der Waals surface area contributed by atoms with Gasteiger partial charge in [0.25, 0.3) is 10.2 Å².